The molecule has 2 heterocycles. The fourth-order valence-corrected chi connectivity index (χ4v) is 6.36. The maximum absolute atomic E-state index is 12.3. The molecule has 1 aromatic rings. The van der Waals surface area contributed by atoms with Crippen LogP contribution in [0.4, 0.5) is 5.13 Å². The molecule has 0 saturated carbocycles. The molecular formula is C13H23N3O2S3. The molecule has 2 atom stereocenters. The summed E-state index contributed by atoms with van der Waals surface area (Å²) in [6, 6.07) is 0.252. The van der Waals surface area contributed by atoms with Gasteiger partial charge in [0.2, 0.25) is 0 Å². The number of sulfone groups is 1. The van der Waals surface area contributed by atoms with Crippen LogP contribution >= 0.6 is 23.1 Å². The predicted octanol–water partition coefficient (Wildman–Crippen LogP) is 2.13. The molecule has 1 saturated heterocycles. The van der Waals surface area contributed by atoms with Gasteiger partial charge >= 0.3 is 0 Å². The van der Waals surface area contributed by atoms with Gasteiger partial charge in [-0.05, 0) is 13.5 Å². The molecule has 2 unspecified atom stereocenters. The third kappa shape index (κ3) is 3.91. The molecule has 8 heteroatoms. The van der Waals surface area contributed by atoms with E-state index in [9.17, 15) is 8.42 Å². The van der Waals surface area contributed by atoms with Crippen LogP contribution in [0.3, 0.4) is 0 Å². The van der Waals surface area contributed by atoms with Gasteiger partial charge in [0.25, 0.3) is 0 Å². The van der Waals surface area contributed by atoms with Gasteiger partial charge in [-0.1, -0.05) is 13.8 Å². The van der Waals surface area contributed by atoms with E-state index in [4.69, 9.17) is 0 Å². The number of nitrogens with zero attached hydrogens (tertiary/aromatic N) is 2. The summed E-state index contributed by atoms with van der Waals surface area (Å²) in [5.41, 5.74) is 0. The predicted molar refractivity (Wildman–Crippen MR) is 92.1 cm³/mol. The first-order valence-corrected chi connectivity index (χ1v) is 10.9. The van der Waals surface area contributed by atoms with Crippen molar-refractivity contribution in [1.29, 1.82) is 0 Å². The minimum Gasteiger partial charge on any atom is -0.329 e. The molecule has 5 nitrogen and oxygen atoms in total. The van der Waals surface area contributed by atoms with E-state index >= 15 is 0 Å². The van der Waals surface area contributed by atoms with E-state index in [0.717, 1.165) is 28.9 Å². The van der Waals surface area contributed by atoms with Crippen molar-refractivity contribution in [3.8, 4) is 0 Å². The van der Waals surface area contributed by atoms with Crippen LogP contribution in [0.1, 0.15) is 31.7 Å². The van der Waals surface area contributed by atoms with E-state index in [1.807, 2.05) is 11.1 Å². The molecule has 1 aliphatic rings. The van der Waals surface area contributed by atoms with E-state index < -0.39 is 15.2 Å². The van der Waals surface area contributed by atoms with Gasteiger partial charge in [0, 0.05) is 40.9 Å². The number of thioether (sulfide) groups is 1. The van der Waals surface area contributed by atoms with E-state index in [-0.39, 0.29) is 11.8 Å². The molecule has 1 N–H and O–H groups in total. The topological polar surface area (TPSA) is 62.3 Å². The zero-order chi connectivity index (χ0) is 15.5. The van der Waals surface area contributed by atoms with Crippen molar-refractivity contribution in [3.05, 3.63) is 11.1 Å². The van der Waals surface area contributed by atoms with Gasteiger partial charge in [-0.3, -0.25) is 0 Å². The number of aromatic nitrogens is 1. The number of hydrogen-bond donors (Lipinski definition) is 1. The first-order chi connectivity index (χ1) is 9.99. The maximum Gasteiger partial charge on any atom is 0.186 e. The second kappa shape index (κ2) is 7.30. The van der Waals surface area contributed by atoms with Gasteiger partial charge in [0.1, 0.15) is 5.37 Å². The minimum absolute atomic E-state index is 0.181. The quantitative estimate of drug-likeness (QED) is 0.849. The third-order valence-electron chi connectivity index (χ3n) is 3.60. The highest BCUT2D eigenvalue weighted by molar-refractivity contribution is 8.01. The molecule has 0 spiro atoms. The Labute approximate surface area is 135 Å². The molecule has 1 fully saturated rings. The van der Waals surface area contributed by atoms with E-state index in [2.05, 4.69) is 24.1 Å². The molecule has 0 radical (unpaired) electrons. The first-order valence-electron chi connectivity index (χ1n) is 7.24. The van der Waals surface area contributed by atoms with Crippen molar-refractivity contribution < 1.29 is 8.42 Å². The zero-order valence-corrected chi connectivity index (χ0v) is 15.2. The Hall–Kier alpha value is -0.310. The van der Waals surface area contributed by atoms with Crippen LogP contribution in [0, 0.1) is 0 Å². The smallest absolute Gasteiger partial charge is 0.186 e. The Morgan fingerprint density at radius 3 is 2.95 bits per heavy atom. The second-order valence-corrected chi connectivity index (χ2v) is 9.64. The van der Waals surface area contributed by atoms with Crippen LogP contribution in [0.5, 0.6) is 0 Å². The fourth-order valence-electron chi connectivity index (χ4n) is 2.31. The number of rotatable bonds is 6. The lowest BCUT2D eigenvalue weighted by Crippen LogP contribution is -2.47. The normalized spacial score (nSPS) is 21.5. The molecule has 1 aliphatic heterocycles. The Kier molecular flexibility index (Phi) is 5.93. The largest absolute Gasteiger partial charge is 0.329 e. The summed E-state index contributed by atoms with van der Waals surface area (Å²) in [7, 11) is -3.08. The summed E-state index contributed by atoms with van der Waals surface area (Å²) >= 11 is 3.30. The molecular weight excluding hydrogens is 326 g/mol. The Balaban J connectivity index is 2.22. The monoisotopic (exact) mass is 349 g/mol. The van der Waals surface area contributed by atoms with Crippen molar-refractivity contribution in [2.24, 2.45) is 0 Å². The molecule has 2 rings (SSSR count). The molecule has 0 aromatic carbocycles. The number of anilines is 1. The molecule has 21 heavy (non-hydrogen) atoms. The van der Waals surface area contributed by atoms with Gasteiger partial charge in [0.15, 0.2) is 15.0 Å². The van der Waals surface area contributed by atoms with Gasteiger partial charge in [-0.15, -0.1) is 11.3 Å². The summed E-state index contributed by atoms with van der Waals surface area (Å²) < 4.78 is 24.6. The van der Waals surface area contributed by atoms with Crippen molar-refractivity contribution >= 4 is 38.1 Å². The summed E-state index contributed by atoms with van der Waals surface area (Å²) in [5.74, 6) is 1.77. The van der Waals surface area contributed by atoms with E-state index in [1.54, 1.807) is 30.0 Å². The van der Waals surface area contributed by atoms with Crippen LogP contribution in [0.2, 0.25) is 0 Å². The Bertz CT molecular complexity index is 559. The number of nitrogens with one attached hydrogen (secondary N) is 1. The average Bonchev–Trinajstić information content (AvgIpc) is 2.97. The van der Waals surface area contributed by atoms with Crippen molar-refractivity contribution in [2.45, 2.75) is 32.2 Å². The first kappa shape index (κ1) is 17.1. The Morgan fingerprint density at radius 2 is 2.29 bits per heavy atom. The lowest BCUT2D eigenvalue weighted by molar-refractivity contribution is 0.579. The molecule has 0 bridgehead atoms. The van der Waals surface area contributed by atoms with Crippen LogP contribution in [-0.4, -0.2) is 49.1 Å². The summed E-state index contributed by atoms with van der Waals surface area (Å²) in [5, 5.41) is 3.76. The highest BCUT2D eigenvalue weighted by Crippen LogP contribution is 2.32. The lowest BCUT2D eigenvalue weighted by Gasteiger charge is -2.34. The highest BCUT2D eigenvalue weighted by Gasteiger charge is 2.34. The molecule has 0 aliphatic carbocycles. The van der Waals surface area contributed by atoms with E-state index in [0.29, 0.717) is 5.75 Å². The molecule has 120 valence electrons. The van der Waals surface area contributed by atoms with Crippen molar-refractivity contribution in [1.82, 2.24) is 10.3 Å². The fraction of sp³-hybridized carbons (Fsp3) is 0.769. The van der Waals surface area contributed by atoms with E-state index in [1.165, 1.54) is 0 Å². The minimum atomic E-state index is -3.08. The zero-order valence-electron chi connectivity index (χ0n) is 12.7. The van der Waals surface area contributed by atoms with Crippen molar-refractivity contribution in [3.63, 3.8) is 0 Å². The number of hydrogen-bond acceptors (Lipinski definition) is 7. The second-order valence-electron chi connectivity index (χ2n) is 5.00. The number of thiazole rings is 1. The molecule has 0 amide bonds. The van der Waals surface area contributed by atoms with Crippen LogP contribution in [0.15, 0.2) is 6.20 Å². The molecule has 1 aromatic heterocycles. The maximum atomic E-state index is 12.3. The summed E-state index contributed by atoms with van der Waals surface area (Å²) in [6.45, 7) is 7.54. The SMILES string of the molecule is CCNC(C)c1cnc(N2CCSCC2S(=O)(=O)CC)s1. The third-order valence-corrected chi connectivity index (χ3v) is 8.10. The van der Waals surface area contributed by atoms with Crippen LogP contribution in [-0.2, 0) is 9.84 Å². The summed E-state index contributed by atoms with van der Waals surface area (Å²) in [6.07, 6.45) is 1.87. The Morgan fingerprint density at radius 1 is 1.52 bits per heavy atom. The van der Waals surface area contributed by atoms with Crippen LogP contribution < -0.4 is 10.2 Å². The van der Waals surface area contributed by atoms with Gasteiger partial charge in [-0.2, -0.15) is 11.8 Å². The van der Waals surface area contributed by atoms with Crippen LogP contribution in [0.25, 0.3) is 0 Å². The average molecular weight is 350 g/mol. The van der Waals surface area contributed by atoms with Crippen molar-refractivity contribution in [2.75, 3.05) is 35.2 Å². The standard InChI is InChI=1S/C13H23N3O2S3/c1-4-14-10(3)11-8-15-13(20-11)16-6-7-19-9-12(16)21(17,18)5-2/h8,10,12,14H,4-7,9H2,1-3H3. The van der Waals surface area contributed by atoms with Gasteiger partial charge < -0.3 is 10.2 Å². The van der Waals surface area contributed by atoms with Gasteiger partial charge in [0.05, 0.1) is 0 Å². The van der Waals surface area contributed by atoms with Gasteiger partial charge in [-0.25, -0.2) is 13.4 Å². The lowest BCUT2D eigenvalue weighted by atomic mass is 10.3. The highest BCUT2D eigenvalue weighted by atomic mass is 32.2. The summed E-state index contributed by atoms with van der Waals surface area (Å²) in [4.78, 5) is 7.60.